The molecule has 0 unspecified atom stereocenters. The number of ether oxygens (including phenoxy) is 1. The highest BCUT2D eigenvalue weighted by molar-refractivity contribution is 5.97. The second-order valence-corrected chi connectivity index (χ2v) is 6.55. The van der Waals surface area contributed by atoms with Crippen LogP contribution in [0.5, 0.6) is 0 Å². The average molecular weight is 344 g/mol. The van der Waals surface area contributed by atoms with Gasteiger partial charge in [-0.3, -0.25) is 9.59 Å². The van der Waals surface area contributed by atoms with Crippen LogP contribution >= 0.6 is 0 Å². The largest absolute Gasteiger partial charge is 0.481 e. The van der Waals surface area contributed by atoms with Gasteiger partial charge in [-0.1, -0.05) is 24.3 Å². The number of carboxylic acid groups (broad SMARTS) is 1. The third-order valence-electron chi connectivity index (χ3n) is 3.21. The number of nitrogens with zero attached hydrogens (tertiary/aromatic N) is 1. The summed E-state index contributed by atoms with van der Waals surface area (Å²) in [5, 5.41) is 12.2. The Morgan fingerprint density at radius 1 is 1.16 bits per heavy atom. The van der Waals surface area contributed by atoms with Crippen molar-refractivity contribution in [2.75, 3.05) is 0 Å². The lowest BCUT2D eigenvalue weighted by Gasteiger charge is -2.23. The van der Waals surface area contributed by atoms with Gasteiger partial charge in [0, 0.05) is 5.39 Å². The summed E-state index contributed by atoms with van der Waals surface area (Å²) >= 11 is 0. The lowest BCUT2D eigenvalue weighted by Crippen LogP contribution is -2.45. The molecule has 2 aromatic rings. The van der Waals surface area contributed by atoms with Gasteiger partial charge < -0.3 is 15.2 Å². The Balaban J connectivity index is 2.19. The molecule has 0 bridgehead atoms. The summed E-state index contributed by atoms with van der Waals surface area (Å²) in [6, 6.07) is 9.23. The Morgan fingerprint density at radius 2 is 1.84 bits per heavy atom. The molecule has 7 heteroatoms. The van der Waals surface area contributed by atoms with E-state index in [4.69, 9.17) is 9.84 Å². The van der Waals surface area contributed by atoms with Gasteiger partial charge in [-0.15, -0.1) is 0 Å². The highest BCUT2D eigenvalue weighted by Crippen LogP contribution is 2.13. The molecule has 25 heavy (non-hydrogen) atoms. The number of para-hydroxylation sites is 1. The molecule has 0 aliphatic carbocycles. The molecule has 1 amide bonds. The standard InChI is InChI=1S/C18H20N2O5/c1-18(2,3)25-17(24)14(10-15(21)22)20-16(23)13-9-8-11-6-4-5-7-12(11)19-13/h4-9,14H,10H2,1-3H3,(H,20,23)(H,21,22)/t14-/m0/s1. The van der Waals surface area contributed by atoms with Crippen LogP contribution in [0.25, 0.3) is 10.9 Å². The van der Waals surface area contributed by atoms with Crippen LogP contribution in [-0.4, -0.2) is 39.6 Å². The maximum Gasteiger partial charge on any atom is 0.329 e. The van der Waals surface area contributed by atoms with Crippen LogP contribution in [-0.2, 0) is 14.3 Å². The number of nitrogens with one attached hydrogen (secondary N) is 1. The first-order valence-corrected chi connectivity index (χ1v) is 7.77. The van der Waals surface area contributed by atoms with E-state index in [9.17, 15) is 14.4 Å². The number of carboxylic acids is 1. The summed E-state index contributed by atoms with van der Waals surface area (Å²) < 4.78 is 5.17. The van der Waals surface area contributed by atoms with Crippen LogP contribution in [0.3, 0.4) is 0 Å². The number of pyridine rings is 1. The fourth-order valence-electron chi connectivity index (χ4n) is 2.17. The number of hydrogen-bond donors (Lipinski definition) is 2. The molecule has 1 aromatic carbocycles. The van der Waals surface area contributed by atoms with Crippen molar-refractivity contribution < 1.29 is 24.2 Å². The van der Waals surface area contributed by atoms with Crippen LogP contribution in [0.4, 0.5) is 0 Å². The van der Waals surface area contributed by atoms with E-state index in [0.717, 1.165) is 5.39 Å². The molecule has 0 saturated heterocycles. The van der Waals surface area contributed by atoms with E-state index in [0.29, 0.717) is 5.52 Å². The average Bonchev–Trinajstić information content (AvgIpc) is 2.51. The van der Waals surface area contributed by atoms with Crippen LogP contribution in [0.1, 0.15) is 37.7 Å². The van der Waals surface area contributed by atoms with Crippen molar-refractivity contribution in [3.63, 3.8) is 0 Å². The fourth-order valence-corrected chi connectivity index (χ4v) is 2.17. The second kappa shape index (κ2) is 7.29. The molecule has 0 fully saturated rings. The molecule has 1 atom stereocenters. The monoisotopic (exact) mass is 344 g/mol. The van der Waals surface area contributed by atoms with Gasteiger partial charge in [0.2, 0.25) is 0 Å². The molecule has 0 aliphatic heterocycles. The molecule has 0 saturated carbocycles. The number of carbonyl (C=O) groups excluding carboxylic acids is 2. The van der Waals surface area contributed by atoms with E-state index in [1.807, 2.05) is 12.1 Å². The van der Waals surface area contributed by atoms with E-state index in [1.165, 1.54) is 6.07 Å². The second-order valence-electron chi connectivity index (χ2n) is 6.55. The van der Waals surface area contributed by atoms with Crippen molar-refractivity contribution >= 4 is 28.7 Å². The highest BCUT2D eigenvalue weighted by Gasteiger charge is 2.29. The van der Waals surface area contributed by atoms with Crippen LogP contribution in [0, 0.1) is 0 Å². The molecule has 1 heterocycles. The maximum absolute atomic E-state index is 12.4. The zero-order chi connectivity index (χ0) is 18.6. The van der Waals surface area contributed by atoms with Crippen LogP contribution < -0.4 is 5.32 Å². The minimum absolute atomic E-state index is 0.0950. The van der Waals surface area contributed by atoms with E-state index in [-0.39, 0.29) is 5.69 Å². The molecule has 0 aliphatic rings. The molecule has 132 valence electrons. The Hall–Kier alpha value is -2.96. The normalized spacial score (nSPS) is 12.4. The smallest absolute Gasteiger partial charge is 0.329 e. The summed E-state index contributed by atoms with van der Waals surface area (Å²) in [5.74, 6) is -2.66. The summed E-state index contributed by atoms with van der Waals surface area (Å²) in [6.07, 6.45) is -0.575. The first kappa shape index (κ1) is 18.4. The Morgan fingerprint density at radius 3 is 2.48 bits per heavy atom. The van der Waals surface area contributed by atoms with Crippen molar-refractivity contribution in [1.82, 2.24) is 10.3 Å². The predicted octanol–water partition coefficient (Wildman–Crippen LogP) is 2.15. The number of hydrogen-bond acceptors (Lipinski definition) is 5. The van der Waals surface area contributed by atoms with Gasteiger partial charge in [-0.2, -0.15) is 0 Å². The first-order valence-electron chi connectivity index (χ1n) is 7.77. The number of carbonyl (C=O) groups is 3. The number of aromatic nitrogens is 1. The van der Waals surface area contributed by atoms with E-state index in [2.05, 4.69) is 10.3 Å². The van der Waals surface area contributed by atoms with Gasteiger partial charge in [0.15, 0.2) is 0 Å². The number of fused-ring (bicyclic) bond motifs is 1. The molecular weight excluding hydrogens is 324 g/mol. The summed E-state index contributed by atoms with van der Waals surface area (Å²) in [7, 11) is 0. The van der Waals surface area contributed by atoms with Gasteiger partial charge in [0.25, 0.3) is 5.91 Å². The lowest BCUT2D eigenvalue weighted by atomic mass is 10.1. The topological polar surface area (TPSA) is 106 Å². The lowest BCUT2D eigenvalue weighted by molar-refractivity contribution is -0.159. The summed E-state index contributed by atoms with van der Waals surface area (Å²) in [6.45, 7) is 4.99. The van der Waals surface area contributed by atoms with E-state index in [1.54, 1.807) is 39.0 Å². The zero-order valence-corrected chi connectivity index (χ0v) is 14.3. The Bertz CT molecular complexity index is 810. The van der Waals surface area contributed by atoms with Crippen molar-refractivity contribution in [3.8, 4) is 0 Å². The number of amides is 1. The zero-order valence-electron chi connectivity index (χ0n) is 14.3. The molecule has 0 spiro atoms. The third-order valence-corrected chi connectivity index (χ3v) is 3.21. The van der Waals surface area contributed by atoms with Crippen molar-refractivity contribution in [2.45, 2.75) is 38.8 Å². The molecule has 1 aromatic heterocycles. The highest BCUT2D eigenvalue weighted by atomic mass is 16.6. The first-order chi connectivity index (χ1) is 11.7. The Labute approximate surface area is 145 Å². The number of benzene rings is 1. The number of aliphatic carboxylic acids is 1. The fraction of sp³-hybridized carbons (Fsp3) is 0.333. The van der Waals surface area contributed by atoms with Crippen molar-refractivity contribution in [3.05, 3.63) is 42.1 Å². The van der Waals surface area contributed by atoms with Gasteiger partial charge in [0.1, 0.15) is 17.3 Å². The van der Waals surface area contributed by atoms with Crippen molar-refractivity contribution in [2.24, 2.45) is 0 Å². The molecule has 2 rings (SSSR count). The predicted molar refractivity (Wildman–Crippen MR) is 91.1 cm³/mol. The molecule has 2 N–H and O–H groups in total. The van der Waals surface area contributed by atoms with Gasteiger partial charge in [-0.25, -0.2) is 9.78 Å². The Kier molecular flexibility index (Phi) is 5.36. The quantitative estimate of drug-likeness (QED) is 0.805. The van der Waals surface area contributed by atoms with E-state index < -0.39 is 35.9 Å². The minimum Gasteiger partial charge on any atom is -0.481 e. The summed E-state index contributed by atoms with van der Waals surface area (Å²) in [5.41, 5.74) is -0.0698. The van der Waals surface area contributed by atoms with Gasteiger partial charge in [0.05, 0.1) is 11.9 Å². The summed E-state index contributed by atoms with van der Waals surface area (Å²) in [4.78, 5) is 39.8. The molecule has 7 nitrogen and oxygen atoms in total. The van der Waals surface area contributed by atoms with Gasteiger partial charge in [-0.05, 0) is 32.9 Å². The molecular formula is C18H20N2O5. The van der Waals surface area contributed by atoms with Crippen molar-refractivity contribution in [1.29, 1.82) is 0 Å². The van der Waals surface area contributed by atoms with Gasteiger partial charge >= 0.3 is 11.9 Å². The number of rotatable bonds is 5. The third kappa shape index (κ3) is 5.27. The SMILES string of the molecule is CC(C)(C)OC(=O)[C@H](CC(=O)O)NC(=O)c1ccc2ccccc2n1. The minimum atomic E-state index is -1.29. The maximum atomic E-state index is 12.4. The molecule has 0 radical (unpaired) electrons. The van der Waals surface area contributed by atoms with Crippen LogP contribution in [0.2, 0.25) is 0 Å². The van der Waals surface area contributed by atoms with E-state index >= 15 is 0 Å². The number of esters is 1. The van der Waals surface area contributed by atoms with Crippen LogP contribution in [0.15, 0.2) is 36.4 Å².